The molecule has 0 saturated carbocycles. The summed E-state index contributed by atoms with van der Waals surface area (Å²) in [6, 6.07) is 10.7. The van der Waals surface area contributed by atoms with Crippen LogP contribution in [0.15, 0.2) is 40.9 Å². The molecule has 2 aromatic carbocycles. The van der Waals surface area contributed by atoms with Crippen molar-refractivity contribution in [1.82, 2.24) is 0 Å². The molecule has 5 nitrogen and oxygen atoms in total. The molecule has 0 heterocycles. The van der Waals surface area contributed by atoms with Crippen LogP contribution < -0.4 is 4.74 Å². The summed E-state index contributed by atoms with van der Waals surface area (Å²) in [4.78, 5) is 10.4. The molecule has 0 unspecified atom stereocenters. The van der Waals surface area contributed by atoms with E-state index in [2.05, 4.69) is 15.9 Å². The second kappa shape index (κ2) is 5.90. The van der Waals surface area contributed by atoms with E-state index in [9.17, 15) is 10.1 Å². The lowest BCUT2D eigenvalue weighted by Crippen LogP contribution is -1.94. The fourth-order valence-electron chi connectivity index (χ4n) is 1.49. The van der Waals surface area contributed by atoms with E-state index in [1.807, 2.05) is 6.07 Å². The van der Waals surface area contributed by atoms with E-state index in [1.54, 1.807) is 18.2 Å². The van der Waals surface area contributed by atoms with Crippen LogP contribution in [-0.4, -0.2) is 4.92 Å². The fourth-order valence-corrected chi connectivity index (χ4v) is 2.20. The molecule has 0 N–H and O–H groups in total. The van der Waals surface area contributed by atoms with Crippen LogP contribution in [0.25, 0.3) is 0 Å². The predicted octanol–water partition coefficient (Wildman–Crippen LogP) is 4.67. The van der Waals surface area contributed by atoms with E-state index in [0.717, 1.165) is 4.47 Å². The van der Waals surface area contributed by atoms with Gasteiger partial charge in [0, 0.05) is 16.6 Å². The summed E-state index contributed by atoms with van der Waals surface area (Å²) in [7, 11) is 0. The zero-order valence-corrected chi connectivity index (χ0v) is 12.2. The van der Waals surface area contributed by atoms with Gasteiger partial charge in [-0.25, -0.2) is 0 Å². The van der Waals surface area contributed by atoms with Gasteiger partial charge in [0.25, 0.3) is 0 Å². The van der Waals surface area contributed by atoms with Gasteiger partial charge < -0.3 is 4.74 Å². The molecule has 100 valence electrons. The van der Waals surface area contributed by atoms with Crippen LogP contribution in [0.5, 0.6) is 11.5 Å². The number of rotatable bonds is 3. The third kappa shape index (κ3) is 3.07. The molecular weight excluding hydrogens is 348 g/mol. The van der Waals surface area contributed by atoms with Crippen LogP contribution in [0.1, 0.15) is 5.56 Å². The molecule has 0 aromatic heterocycles. The molecule has 0 radical (unpaired) electrons. The summed E-state index contributed by atoms with van der Waals surface area (Å²) >= 11 is 9.25. The lowest BCUT2D eigenvalue weighted by Gasteiger charge is -2.08. The Bertz CT molecular complexity index is 728. The van der Waals surface area contributed by atoms with Gasteiger partial charge in [-0.05, 0) is 24.3 Å². The number of nitriles is 1. The third-order valence-electron chi connectivity index (χ3n) is 2.40. The number of nitro groups is 1. The number of halogens is 2. The average molecular weight is 354 g/mol. The molecule has 2 aromatic rings. The highest BCUT2D eigenvalue weighted by Crippen LogP contribution is 2.36. The first kappa shape index (κ1) is 14.3. The smallest absolute Gasteiger partial charge is 0.311 e. The first-order valence-corrected chi connectivity index (χ1v) is 6.50. The number of hydrogen-bond donors (Lipinski definition) is 0. The van der Waals surface area contributed by atoms with E-state index in [-0.39, 0.29) is 22.7 Å². The second-order valence-corrected chi connectivity index (χ2v) is 5.05. The Morgan fingerprint density at radius 3 is 2.60 bits per heavy atom. The van der Waals surface area contributed by atoms with E-state index in [0.29, 0.717) is 5.02 Å². The Kier molecular flexibility index (Phi) is 4.23. The van der Waals surface area contributed by atoms with Crippen molar-refractivity contribution in [2.75, 3.05) is 0 Å². The zero-order chi connectivity index (χ0) is 14.7. The maximum Gasteiger partial charge on any atom is 0.311 e. The first-order chi connectivity index (χ1) is 9.51. The van der Waals surface area contributed by atoms with Gasteiger partial charge in [0.2, 0.25) is 5.75 Å². The molecule has 0 spiro atoms. The summed E-state index contributed by atoms with van der Waals surface area (Å²) in [6.45, 7) is 0. The number of ether oxygens (including phenoxy) is 1. The van der Waals surface area contributed by atoms with Crippen LogP contribution in [0.4, 0.5) is 5.69 Å². The lowest BCUT2D eigenvalue weighted by molar-refractivity contribution is -0.385. The van der Waals surface area contributed by atoms with Crippen LogP contribution in [0.3, 0.4) is 0 Å². The van der Waals surface area contributed by atoms with Crippen molar-refractivity contribution in [3.05, 3.63) is 61.6 Å². The first-order valence-electron chi connectivity index (χ1n) is 5.32. The molecule has 7 heteroatoms. The number of nitrogens with zero attached hydrogens (tertiary/aromatic N) is 2. The Morgan fingerprint density at radius 1 is 1.25 bits per heavy atom. The molecule has 0 atom stereocenters. The molecular formula is C13H6BrClN2O3. The van der Waals surface area contributed by atoms with E-state index in [1.165, 1.54) is 18.2 Å². The monoisotopic (exact) mass is 352 g/mol. The third-order valence-corrected chi connectivity index (χ3v) is 3.19. The van der Waals surface area contributed by atoms with Crippen molar-refractivity contribution in [3.8, 4) is 17.6 Å². The minimum Gasteiger partial charge on any atom is -0.449 e. The Morgan fingerprint density at radius 2 is 2.00 bits per heavy atom. The summed E-state index contributed by atoms with van der Waals surface area (Å²) in [5.74, 6) is 0.242. The highest BCUT2D eigenvalue weighted by molar-refractivity contribution is 9.10. The molecule has 2 rings (SSSR count). The van der Waals surface area contributed by atoms with Gasteiger partial charge in [-0.3, -0.25) is 10.1 Å². The summed E-state index contributed by atoms with van der Waals surface area (Å²) in [5, 5.41) is 20.1. The minimum absolute atomic E-state index is 0.0294. The van der Waals surface area contributed by atoms with E-state index < -0.39 is 4.92 Å². The molecule has 0 fully saturated rings. The van der Waals surface area contributed by atoms with E-state index >= 15 is 0 Å². The largest absolute Gasteiger partial charge is 0.449 e. The molecule has 0 aliphatic carbocycles. The van der Waals surface area contributed by atoms with Crippen LogP contribution in [-0.2, 0) is 0 Å². The molecule has 0 bridgehead atoms. The minimum atomic E-state index is -0.580. The van der Waals surface area contributed by atoms with Crippen LogP contribution in [0.2, 0.25) is 5.02 Å². The zero-order valence-electron chi connectivity index (χ0n) is 9.84. The average Bonchev–Trinajstić information content (AvgIpc) is 2.41. The van der Waals surface area contributed by atoms with Crippen molar-refractivity contribution >= 4 is 33.2 Å². The van der Waals surface area contributed by atoms with Gasteiger partial charge in [0.1, 0.15) is 5.75 Å². The Labute approximate surface area is 127 Å². The van der Waals surface area contributed by atoms with Crippen molar-refractivity contribution in [3.63, 3.8) is 0 Å². The highest BCUT2D eigenvalue weighted by Gasteiger charge is 2.17. The maximum absolute atomic E-state index is 11.0. The predicted molar refractivity (Wildman–Crippen MR) is 77.0 cm³/mol. The van der Waals surface area contributed by atoms with Crippen molar-refractivity contribution in [2.45, 2.75) is 0 Å². The summed E-state index contributed by atoms with van der Waals surface area (Å²) < 4.78 is 6.21. The number of benzene rings is 2. The van der Waals surface area contributed by atoms with Crippen molar-refractivity contribution in [1.29, 1.82) is 5.26 Å². The van der Waals surface area contributed by atoms with Gasteiger partial charge in [0.15, 0.2) is 0 Å². The van der Waals surface area contributed by atoms with Crippen LogP contribution in [0, 0.1) is 21.4 Å². The standard InChI is InChI=1S/C13H6BrClN2O3/c14-9-2-4-12(10(15)6-9)20-13-5-8(7-16)1-3-11(13)17(18)19/h1-6H. The molecule has 0 amide bonds. The quantitative estimate of drug-likeness (QED) is 0.593. The normalized spacial score (nSPS) is 9.85. The highest BCUT2D eigenvalue weighted by atomic mass is 79.9. The Hall–Kier alpha value is -2.10. The van der Waals surface area contributed by atoms with E-state index in [4.69, 9.17) is 21.6 Å². The van der Waals surface area contributed by atoms with Crippen molar-refractivity contribution in [2.24, 2.45) is 0 Å². The molecule has 0 aliphatic heterocycles. The van der Waals surface area contributed by atoms with Gasteiger partial charge in [-0.1, -0.05) is 27.5 Å². The number of nitro benzene ring substituents is 1. The molecule has 0 aliphatic rings. The lowest BCUT2D eigenvalue weighted by atomic mass is 10.2. The van der Waals surface area contributed by atoms with Gasteiger partial charge >= 0.3 is 5.69 Å². The van der Waals surface area contributed by atoms with Gasteiger partial charge in [0.05, 0.1) is 21.6 Å². The molecule has 0 saturated heterocycles. The Balaban J connectivity index is 2.46. The SMILES string of the molecule is N#Cc1ccc([N+](=O)[O-])c(Oc2ccc(Br)cc2Cl)c1. The van der Waals surface area contributed by atoms with Crippen molar-refractivity contribution < 1.29 is 9.66 Å². The second-order valence-electron chi connectivity index (χ2n) is 3.73. The number of hydrogen-bond acceptors (Lipinski definition) is 4. The van der Waals surface area contributed by atoms with Gasteiger partial charge in [-0.2, -0.15) is 5.26 Å². The van der Waals surface area contributed by atoms with Gasteiger partial charge in [-0.15, -0.1) is 0 Å². The van der Waals surface area contributed by atoms with Crippen LogP contribution >= 0.6 is 27.5 Å². The molecule has 20 heavy (non-hydrogen) atoms. The fraction of sp³-hybridized carbons (Fsp3) is 0. The summed E-state index contributed by atoms with van der Waals surface area (Å²) in [5.41, 5.74) is 0.0295. The summed E-state index contributed by atoms with van der Waals surface area (Å²) in [6.07, 6.45) is 0. The topological polar surface area (TPSA) is 76.2 Å². The maximum atomic E-state index is 11.0.